The Bertz CT molecular complexity index is 196. The van der Waals surface area contributed by atoms with Crippen LogP contribution >= 0.6 is 0 Å². The van der Waals surface area contributed by atoms with Crippen LogP contribution in [0.2, 0.25) is 0 Å². The number of hydrogen-bond donors (Lipinski definition) is 1. The number of ether oxygens (including phenoxy) is 2. The molecule has 0 saturated carbocycles. The number of rotatable bonds is 12. The molecular formula is C16H34O3. The standard InChI is InChI=1S/C16H34O3/c1-6-8-9-10-16(13(3)7-2)19-15(5)12-18-14(4)11-17/h13-17H,6-12H2,1-5H3. The molecule has 0 aliphatic heterocycles. The summed E-state index contributed by atoms with van der Waals surface area (Å²) in [6, 6.07) is 0. The Balaban J connectivity index is 4.07. The van der Waals surface area contributed by atoms with Gasteiger partial charge in [0.05, 0.1) is 31.5 Å². The Labute approximate surface area is 119 Å². The van der Waals surface area contributed by atoms with Gasteiger partial charge in [0, 0.05) is 0 Å². The van der Waals surface area contributed by atoms with E-state index < -0.39 is 0 Å². The first-order chi connectivity index (χ1) is 9.04. The zero-order chi connectivity index (χ0) is 14.7. The summed E-state index contributed by atoms with van der Waals surface area (Å²) in [4.78, 5) is 0. The van der Waals surface area contributed by atoms with Gasteiger partial charge in [0.25, 0.3) is 0 Å². The number of hydrogen-bond acceptors (Lipinski definition) is 3. The molecule has 0 rings (SSSR count). The van der Waals surface area contributed by atoms with Crippen LogP contribution in [0.3, 0.4) is 0 Å². The molecule has 0 heterocycles. The summed E-state index contributed by atoms with van der Waals surface area (Å²) in [6.45, 7) is 11.3. The van der Waals surface area contributed by atoms with Gasteiger partial charge in [-0.1, -0.05) is 46.5 Å². The predicted octanol–water partition coefficient (Wildman–Crippen LogP) is 3.78. The second-order valence-electron chi connectivity index (χ2n) is 5.69. The number of aliphatic hydroxyl groups is 1. The summed E-state index contributed by atoms with van der Waals surface area (Å²) >= 11 is 0. The van der Waals surface area contributed by atoms with E-state index in [1.807, 2.05) is 6.92 Å². The first-order valence-electron chi connectivity index (χ1n) is 7.92. The Morgan fingerprint density at radius 1 is 1.00 bits per heavy atom. The highest BCUT2D eigenvalue weighted by Gasteiger charge is 2.19. The minimum absolute atomic E-state index is 0.0675. The molecule has 0 aromatic carbocycles. The molecule has 0 spiro atoms. The largest absolute Gasteiger partial charge is 0.394 e. The molecule has 0 amide bonds. The molecule has 1 N–H and O–H groups in total. The van der Waals surface area contributed by atoms with Crippen LogP contribution in [0, 0.1) is 5.92 Å². The van der Waals surface area contributed by atoms with E-state index in [2.05, 4.69) is 27.7 Å². The zero-order valence-corrected chi connectivity index (χ0v) is 13.5. The Kier molecular flexibility index (Phi) is 11.6. The van der Waals surface area contributed by atoms with E-state index in [9.17, 15) is 0 Å². The van der Waals surface area contributed by atoms with Crippen LogP contribution < -0.4 is 0 Å². The molecule has 4 atom stereocenters. The van der Waals surface area contributed by atoms with Crippen LogP contribution in [0.25, 0.3) is 0 Å². The van der Waals surface area contributed by atoms with Gasteiger partial charge in [-0.15, -0.1) is 0 Å². The smallest absolute Gasteiger partial charge is 0.0784 e. The van der Waals surface area contributed by atoms with Crippen molar-refractivity contribution < 1.29 is 14.6 Å². The summed E-state index contributed by atoms with van der Waals surface area (Å²) in [5.74, 6) is 0.592. The molecule has 3 nitrogen and oxygen atoms in total. The maximum atomic E-state index is 8.93. The molecule has 0 aromatic rings. The fourth-order valence-corrected chi connectivity index (χ4v) is 2.04. The van der Waals surface area contributed by atoms with Crippen molar-refractivity contribution in [3.8, 4) is 0 Å². The van der Waals surface area contributed by atoms with Gasteiger partial charge in [-0.05, 0) is 26.2 Å². The molecule has 0 aromatic heterocycles. The summed E-state index contributed by atoms with van der Waals surface area (Å²) in [5.41, 5.74) is 0. The van der Waals surface area contributed by atoms with E-state index in [4.69, 9.17) is 14.6 Å². The third kappa shape index (κ3) is 9.42. The molecule has 3 heteroatoms. The van der Waals surface area contributed by atoms with Crippen molar-refractivity contribution in [3.05, 3.63) is 0 Å². The third-order valence-corrected chi connectivity index (χ3v) is 3.65. The van der Waals surface area contributed by atoms with Gasteiger partial charge in [0.1, 0.15) is 0 Å². The van der Waals surface area contributed by atoms with Gasteiger partial charge in [0.2, 0.25) is 0 Å². The summed E-state index contributed by atoms with van der Waals surface area (Å²) in [7, 11) is 0. The van der Waals surface area contributed by atoms with Gasteiger partial charge in [0.15, 0.2) is 0 Å². The Morgan fingerprint density at radius 2 is 1.68 bits per heavy atom. The molecular weight excluding hydrogens is 240 g/mol. The SMILES string of the molecule is CCCCCC(OC(C)COC(C)CO)C(C)CC. The molecule has 0 fully saturated rings. The van der Waals surface area contributed by atoms with Gasteiger partial charge in [-0.2, -0.15) is 0 Å². The molecule has 0 saturated heterocycles. The number of unbranched alkanes of at least 4 members (excludes halogenated alkanes) is 2. The van der Waals surface area contributed by atoms with E-state index in [0.717, 1.165) is 12.8 Å². The maximum absolute atomic E-state index is 8.93. The fraction of sp³-hybridized carbons (Fsp3) is 1.00. The van der Waals surface area contributed by atoms with Crippen molar-refractivity contribution in [1.82, 2.24) is 0 Å². The Morgan fingerprint density at radius 3 is 2.21 bits per heavy atom. The molecule has 0 aliphatic carbocycles. The maximum Gasteiger partial charge on any atom is 0.0784 e. The van der Waals surface area contributed by atoms with Crippen LogP contribution in [0.5, 0.6) is 0 Å². The molecule has 4 unspecified atom stereocenters. The van der Waals surface area contributed by atoms with Crippen molar-refractivity contribution in [3.63, 3.8) is 0 Å². The normalized spacial score (nSPS) is 18.0. The highest BCUT2D eigenvalue weighted by atomic mass is 16.5. The topological polar surface area (TPSA) is 38.7 Å². The van der Waals surface area contributed by atoms with Crippen molar-refractivity contribution in [2.75, 3.05) is 13.2 Å². The van der Waals surface area contributed by atoms with Crippen molar-refractivity contribution in [1.29, 1.82) is 0 Å². The molecule has 0 radical (unpaired) electrons. The van der Waals surface area contributed by atoms with Crippen molar-refractivity contribution in [2.45, 2.75) is 85.0 Å². The van der Waals surface area contributed by atoms with Gasteiger partial charge in [-0.25, -0.2) is 0 Å². The summed E-state index contributed by atoms with van der Waals surface area (Å²) in [5, 5.41) is 8.93. The van der Waals surface area contributed by atoms with Crippen LogP contribution in [0.4, 0.5) is 0 Å². The van der Waals surface area contributed by atoms with Crippen molar-refractivity contribution in [2.24, 2.45) is 5.92 Å². The van der Waals surface area contributed by atoms with E-state index in [0.29, 0.717) is 18.6 Å². The predicted molar refractivity (Wildman–Crippen MR) is 80.4 cm³/mol. The number of aliphatic hydroxyl groups excluding tert-OH is 1. The Hall–Kier alpha value is -0.120. The van der Waals surface area contributed by atoms with E-state index >= 15 is 0 Å². The quantitative estimate of drug-likeness (QED) is 0.550. The lowest BCUT2D eigenvalue weighted by atomic mass is 9.96. The minimum Gasteiger partial charge on any atom is -0.394 e. The van der Waals surface area contributed by atoms with Crippen molar-refractivity contribution >= 4 is 0 Å². The van der Waals surface area contributed by atoms with Crippen LogP contribution in [-0.2, 0) is 9.47 Å². The van der Waals surface area contributed by atoms with Crippen LogP contribution in [0.1, 0.15) is 66.7 Å². The summed E-state index contributed by atoms with van der Waals surface area (Å²) in [6.07, 6.45) is 6.39. The second-order valence-corrected chi connectivity index (χ2v) is 5.69. The molecule has 0 aliphatic rings. The summed E-state index contributed by atoms with van der Waals surface area (Å²) < 4.78 is 11.7. The lowest BCUT2D eigenvalue weighted by Gasteiger charge is -2.27. The van der Waals surface area contributed by atoms with Crippen LogP contribution in [0.15, 0.2) is 0 Å². The average Bonchev–Trinajstić information content (AvgIpc) is 2.42. The van der Waals surface area contributed by atoms with Gasteiger partial charge >= 0.3 is 0 Å². The first-order valence-corrected chi connectivity index (χ1v) is 7.92. The van der Waals surface area contributed by atoms with Gasteiger partial charge < -0.3 is 14.6 Å². The van der Waals surface area contributed by atoms with Gasteiger partial charge in [-0.3, -0.25) is 0 Å². The second kappa shape index (κ2) is 11.7. The lowest BCUT2D eigenvalue weighted by molar-refractivity contribution is -0.0890. The average molecular weight is 274 g/mol. The van der Waals surface area contributed by atoms with E-state index in [1.165, 1.54) is 19.3 Å². The monoisotopic (exact) mass is 274 g/mol. The van der Waals surface area contributed by atoms with Crippen LogP contribution in [-0.4, -0.2) is 36.6 Å². The van der Waals surface area contributed by atoms with E-state index in [-0.39, 0.29) is 18.8 Å². The van der Waals surface area contributed by atoms with E-state index in [1.54, 1.807) is 0 Å². The third-order valence-electron chi connectivity index (χ3n) is 3.65. The minimum atomic E-state index is -0.104. The highest BCUT2D eigenvalue weighted by Crippen LogP contribution is 2.20. The first kappa shape index (κ1) is 18.9. The fourth-order valence-electron chi connectivity index (χ4n) is 2.04. The molecule has 116 valence electrons. The molecule has 0 bridgehead atoms. The zero-order valence-electron chi connectivity index (χ0n) is 13.5. The molecule has 19 heavy (non-hydrogen) atoms. The highest BCUT2D eigenvalue weighted by molar-refractivity contribution is 4.68. The lowest BCUT2D eigenvalue weighted by Crippen LogP contribution is -2.30.